The normalized spacial score (nSPS) is 17.4. The highest BCUT2D eigenvalue weighted by molar-refractivity contribution is 6.05. The molecule has 3 rings (SSSR count). The lowest BCUT2D eigenvalue weighted by atomic mass is 9.95. The van der Waals surface area contributed by atoms with Gasteiger partial charge in [-0.05, 0) is 49.6 Å². The number of hydrogen-bond donors (Lipinski definition) is 3. The Morgan fingerprint density at radius 3 is 2.66 bits per heavy atom. The van der Waals surface area contributed by atoms with Crippen LogP contribution < -0.4 is 21.1 Å². The number of methoxy groups -OCH3 is 1. The van der Waals surface area contributed by atoms with Crippen molar-refractivity contribution in [3.8, 4) is 5.75 Å². The van der Waals surface area contributed by atoms with E-state index in [1.165, 1.54) is 13.3 Å². The Morgan fingerprint density at radius 1 is 1.21 bits per heavy atom. The Labute approximate surface area is 182 Å². The van der Waals surface area contributed by atoms with E-state index in [4.69, 9.17) is 10.5 Å². The van der Waals surface area contributed by atoms with E-state index in [0.717, 1.165) is 19.3 Å². The summed E-state index contributed by atoms with van der Waals surface area (Å²) in [7, 11) is 1.52. The predicted octanol–water partition coefficient (Wildman–Crippen LogP) is 3.50. The number of amides is 2. The van der Waals surface area contributed by atoms with Crippen molar-refractivity contribution in [2.75, 3.05) is 24.3 Å². The summed E-state index contributed by atoms with van der Waals surface area (Å²) < 4.78 is 5.37. The average Bonchev–Trinajstić information content (AvgIpc) is 3.18. The molecule has 1 heterocycles. The van der Waals surface area contributed by atoms with Gasteiger partial charge in [-0.3, -0.25) is 14.6 Å². The minimum atomic E-state index is -0.282. The van der Waals surface area contributed by atoms with Crippen molar-refractivity contribution in [3.63, 3.8) is 0 Å². The van der Waals surface area contributed by atoms with Crippen molar-refractivity contribution in [2.24, 2.45) is 17.6 Å². The van der Waals surface area contributed by atoms with E-state index in [2.05, 4.69) is 15.6 Å². The molecule has 1 saturated carbocycles. The highest BCUT2D eigenvalue weighted by Gasteiger charge is 2.32. The van der Waals surface area contributed by atoms with E-state index < -0.39 is 0 Å². The fourth-order valence-corrected chi connectivity index (χ4v) is 3.46. The third kappa shape index (κ3) is 6.06. The van der Waals surface area contributed by atoms with Gasteiger partial charge in [0.1, 0.15) is 5.75 Å². The summed E-state index contributed by atoms with van der Waals surface area (Å²) in [6.45, 7) is 0.528. The van der Waals surface area contributed by atoms with Crippen LogP contribution in [0.1, 0.15) is 29.6 Å². The molecule has 1 aliphatic rings. The van der Waals surface area contributed by atoms with Crippen LogP contribution in [0.5, 0.6) is 5.75 Å². The molecule has 2 aromatic rings. The SMILES string of the molecule is COc1cc(NC(=O)[C@@H]2CCC[C@@H]2CN)ccc1NC(=O)c1cccnc1.Cl.Cl. The summed E-state index contributed by atoms with van der Waals surface area (Å²) in [6.07, 6.45) is 5.99. The summed E-state index contributed by atoms with van der Waals surface area (Å²) in [5, 5.41) is 5.73. The van der Waals surface area contributed by atoms with Gasteiger partial charge in [-0.1, -0.05) is 6.42 Å². The zero-order valence-electron chi connectivity index (χ0n) is 16.1. The molecule has 4 N–H and O–H groups in total. The molecule has 0 aliphatic heterocycles. The van der Waals surface area contributed by atoms with Crippen LogP contribution in [0.3, 0.4) is 0 Å². The number of halogens is 2. The Bertz CT molecular complexity index is 821. The smallest absolute Gasteiger partial charge is 0.257 e. The molecule has 0 unspecified atom stereocenters. The van der Waals surface area contributed by atoms with Crippen molar-refractivity contribution in [2.45, 2.75) is 19.3 Å². The minimum Gasteiger partial charge on any atom is -0.494 e. The number of ether oxygens (including phenoxy) is 1. The third-order valence-corrected chi connectivity index (χ3v) is 4.94. The quantitative estimate of drug-likeness (QED) is 0.636. The molecule has 0 bridgehead atoms. The Morgan fingerprint density at radius 2 is 2.00 bits per heavy atom. The molecule has 2 atom stereocenters. The van der Waals surface area contributed by atoms with Gasteiger partial charge in [-0.2, -0.15) is 0 Å². The van der Waals surface area contributed by atoms with Gasteiger partial charge in [0.15, 0.2) is 0 Å². The van der Waals surface area contributed by atoms with Crippen LogP contribution in [-0.2, 0) is 4.79 Å². The van der Waals surface area contributed by atoms with Crippen molar-refractivity contribution in [1.82, 2.24) is 4.98 Å². The number of aromatic nitrogens is 1. The first-order chi connectivity index (χ1) is 13.1. The van der Waals surface area contributed by atoms with Crippen molar-refractivity contribution in [1.29, 1.82) is 0 Å². The number of carbonyl (C=O) groups excluding carboxylic acids is 2. The van der Waals surface area contributed by atoms with Crippen molar-refractivity contribution < 1.29 is 14.3 Å². The second-order valence-electron chi connectivity index (χ2n) is 6.63. The van der Waals surface area contributed by atoms with Gasteiger partial charge in [0, 0.05) is 30.1 Å². The molecule has 158 valence electrons. The molecule has 1 aliphatic carbocycles. The highest BCUT2D eigenvalue weighted by atomic mass is 35.5. The zero-order chi connectivity index (χ0) is 19.2. The van der Waals surface area contributed by atoms with Gasteiger partial charge in [0.2, 0.25) is 5.91 Å². The zero-order valence-corrected chi connectivity index (χ0v) is 17.7. The third-order valence-electron chi connectivity index (χ3n) is 4.94. The predicted molar refractivity (Wildman–Crippen MR) is 118 cm³/mol. The average molecular weight is 441 g/mol. The van der Waals surface area contributed by atoms with E-state index in [1.54, 1.807) is 36.5 Å². The largest absolute Gasteiger partial charge is 0.494 e. The Hall–Kier alpha value is -2.35. The lowest BCUT2D eigenvalue weighted by Gasteiger charge is -2.18. The number of carbonyl (C=O) groups is 2. The fraction of sp³-hybridized carbons (Fsp3) is 0.350. The van der Waals surface area contributed by atoms with E-state index in [1.807, 2.05) is 0 Å². The summed E-state index contributed by atoms with van der Waals surface area (Å²) in [5.74, 6) is 0.356. The topological polar surface area (TPSA) is 106 Å². The van der Waals surface area contributed by atoms with E-state index >= 15 is 0 Å². The molecule has 9 heteroatoms. The number of nitrogens with zero attached hydrogens (tertiary/aromatic N) is 1. The van der Waals surface area contributed by atoms with Gasteiger partial charge in [0.25, 0.3) is 5.91 Å². The Kier molecular flexibility index (Phi) is 9.88. The fourth-order valence-electron chi connectivity index (χ4n) is 3.46. The summed E-state index contributed by atoms with van der Waals surface area (Å²) in [5.41, 5.74) is 7.36. The maximum Gasteiger partial charge on any atom is 0.257 e. The molecule has 0 radical (unpaired) electrons. The van der Waals surface area contributed by atoms with Crippen molar-refractivity contribution in [3.05, 3.63) is 48.3 Å². The number of nitrogens with one attached hydrogen (secondary N) is 2. The van der Waals surface area contributed by atoms with Crippen LogP contribution in [-0.4, -0.2) is 30.5 Å². The molecule has 7 nitrogen and oxygen atoms in total. The van der Waals surface area contributed by atoms with Crippen molar-refractivity contribution >= 4 is 48.0 Å². The lowest BCUT2D eigenvalue weighted by molar-refractivity contribution is -0.120. The van der Waals surface area contributed by atoms with Gasteiger partial charge in [-0.15, -0.1) is 24.8 Å². The molecule has 1 aromatic carbocycles. The van der Waals surface area contributed by atoms with Gasteiger partial charge in [-0.25, -0.2) is 0 Å². The van der Waals surface area contributed by atoms with Gasteiger partial charge >= 0.3 is 0 Å². The van der Waals surface area contributed by atoms with E-state index in [9.17, 15) is 9.59 Å². The number of anilines is 2. The minimum absolute atomic E-state index is 0. The lowest BCUT2D eigenvalue weighted by Crippen LogP contribution is -2.29. The first kappa shape index (κ1) is 24.7. The summed E-state index contributed by atoms with van der Waals surface area (Å²) in [4.78, 5) is 28.8. The second kappa shape index (κ2) is 11.6. The van der Waals surface area contributed by atoms with E-state index in [-0.39, 0.29) is 48.5 Å². The number of benzene rings is 1. The molecule has 0 spiro atoms. The van der Waals surface area contributed by atoms with Crippen LogP contribution in [0.15, 0.2) is 42.7 Å². The first-order valence-corrected chi connectivity index (χ1v) is 9.02. The molecule has 1 fully saturated rings. The first-order valence-electron chi connectivity index (χ1n) is 9.02. The standard InChI is InChI=1S/C20H24N4O3.2ClH/c1-27-18-10-15(23-20(26)16-6-2-4-13(16)11-21)7-8-17(18)24-19(25)14-5-3-9-22-12-14;;/h3,5,7-10,12-13,16H,2,4,6,11,21H2,1H3,(H,23,26)(H,24,25);2*1H/t13-,16-;;/m1../s1. The van der Waals surface area contributed by atoms with E-state index in [0.29, 0.717) is 29.2 Å². The van der Waals surface area contributed by atoms with Gasteiger partial charge in [0.05, 0.1) is 18.4 Å². The van der Waals surface area contributed by atoms with Crippen LogP contribution in [0.4, 0.5) is 11.4 Å². The molecular weight excluding hydrogens is 415 g/mol. The molecule has 29 heavy (non-hydrogen) atoms. The molecular formula is C20H26Cl2N4O3. The number of pyridine rings is 1. The number of nitrogens with two attached hydrogens (primary N) is 1. The number of hydrogen-bond acceptors (Lipinski definition) is 5. The maximum absolute atomic E-state index is 12.5. The van der Waals surface area contributed by atoms with Gasteiger partial charge < -0.3 is 21.1 Å². The molecule has 0 saturated heterocycles. The summed E-state index contributed by atoms with van der Waals surface area (Å²) >= 11 is 0. The van der Waals surface area contributed by atoms with Crippen LogP contribution in [0.2, 0.25) is 0 Å². The Balaban J connectivity index is 0.00000210. The second-order valence-corrected chi connectivity index (χ2v) is 6.63. The van der Waals surface area contributed by atoms with Crippen LogP contribution in [0.25, 0.3) is 0 Å². The summed E-state index contributed by atoms with van der Waals surface area (Å²) in [6, 6.07) is 8.52. The van der Waals surface area contributed by atoms with Crippen LogP contribution >= 0.6 is 24.8 Å². The monoisotopic (exact) mass is 440 g/mol. The number of rotatable bonds is 6. The van der Waals surface area contributed by atoms with Crippen LogP contribution in [0, 0.1) is 11.8 Å². The molecule has 1 aromatic heterocycles. The highest BCUT2D eigenvalue weighted by Crippen LogP contribution is 2.33. The molecule has 2 amide bonds. The maximum atomic E-state index is 12.5.